The van der Waals surface area contributed by atoms with Crippen molar-refractivity contribution in [2.24, 2.45) is 5.92 Å². The van der Waals surface area contributed by atoms with Gasteiger partial charge in [0, 0.05) is 10.9 Å². The van der Waals surface area contributed by atoms with Gasteiger partial charge in [0.1, 0.15) is 0 Å². The highest BCUT2D eigenvalue weighted by atomic mass is 32.1. The van der Waals surface area contributed by atoms with Crippen LogP contribution in [-0.4, -0.2) is 7.05 Å². The zero-order valence-electron chi connectivity index (χ0n) is 9.63. The van der Waals surface area contributed by atoms with E-state index in [0.29, 0.717) is 6.04 Å². The van der Waals surface area contributed by atoms with Gasteiger partial charge in [-0.05, 0) is 43.3 Å². The molecular weight excluding hydrogens is 190 g/mol. The van der Waals surface area contributed by atoms with Crippen LogP contribution < -0.4 is 5.32 Å². The quantitative estimate of drug-likeness (QED) is 0.782. The number of thiophene rings is 1. The van der Waals surface area contributed by atoms with Crippen molar-refractivity contribution >= 4 is 11.3 Å². The van der Waals surface area contributed by atoms with Gasteiger partial charge in [0.05, 0.1) is 0 Å². The predicted octanol–water partition coefficient (Wildman–Crippen LogP) is 3.75. The van der Waals surface area contributed by atoms with Crippen LogP contribution in [0.3, 0.4) is 0 Å². The summed E-state index contributed by atoms with van der Waals surface area (Å²) in [6.45, 7) is 6.75. The highest BCUT2D eigenvalue weighted by molar-refractivity contribution is 7.10. The zero-order chi connectivity index (χ0) is 10.6. The summed E-state index contributed by atoms with van der Waals surface area (Å²) in [5, 5.41) is 5.68. The first-order chi connectivity index (χ1) is 6.67. The molecule has 0 spiro atoms. The van der Waals surface area contributed by atoms with Crippen LogP contribution in [0.25, 0.3) is 0 Å². The van der Waals surface area contributed by atoms with E-state index in [1.807, 2.05) is 11.3 Å². The van der Waals surface area contributed by atoms with E-state index in [0.717, 1.165) is 5.92 Å². The number of rotatable bonds is 5. The van der Waals surface area contributed by atoms with Crippen molar-refractivity contribution in [2.75, 3.05) is 7.05 Å². The standard InChI is InChI=1S/C12H21NS/c1-5-9(2)6-12(13-4)11-7-10(3)14-8-11/h7-9,12-13H,5-6H2,1-4H3. The molecule has 2 atom stereocenters. The highest BCUT2D eigenvalue weighted by Gasteiger charge is 2.13. The molecule has 0 amide bonds. The summed E-state index contributed by atoms with van der Waals surface area (Å²) in [5.74, 6) is 0.799. The van der Waals surface area contributed by atoms with Gasteiger partial charge in [-0.3, -0.25) is 0 Å². The lowest BCUT2D eigenvalue weighted by atomic mass is 9.96. The summed E-state index contributed by atoms with van der Waals surface area (Å²) in [4.78, 5) is 1.41. The maximum atomic E-state index is 3.40. The Morgan fingerprint density at radius 3 is 2.64 bits per heavy atom. The van der Waals surface area contributed by atoms with E-state index in [1.54, 1.807) is 0 Å². The van der Waals surface area contributed by atoms with Crippen molar-refractivity contribution in [2.45, 2.75) is 39.7 Å². The SMILES string of the molecule is CCC(C)CC(NC)c1csc(C)c1. The van der Waals surface area contributed by atoms with Crippen LogP contribution in [-0.2, 0) is 0 Å². The average molecular weight is 211 g/mol. The van der Waals surface area contributed by atoms with Crippen LogP contribution in [0.15, 0.2) is 11.4 Å². The normalized spacial score (nSPS) is 15.4. The van der Waals surface area contributed by atoms with E-state index in [9.17, 15) is 0 Å². The van der Waals surface area contributed by atoms with E-state index < -0.39 is 0 Å². The van der Waals surface area contributed by atoms with Gasteiger partial charge in [-0.1, -0.05) is 20.3 Å². The lowest BCUT2D eigenvalue weighted by Crippen LogP contribution is -2.18. The van der Waals surface area contributed by atoms with E-state index >= 15 is 0 Å². The first kappa shape index (κ1) is 11.7. The molecule has 1 aromatic heterocycles. The van der Waals surface area contributed by atoms with E-state index in [1.165, 1.54) is 23.3 Å². The average Bonchev–Trinajstić information content (AvgIpc) is 2.60. The van der Waals surface area contributed by atoms with Gasteiger partial charge in [-0.2, -0.15) is 0 Å². The predicted molar refractivity (Wildman–Crippen MR) is 64.9 cm³/mol. The molecule has 0 saturated heterocycles. The van der Waals surface area contributed by atoms with Gasteiger partial charge < -0.3 is 5.32 Å². The van der Waals surface area contributed by atoms with Crippen molar-refractivity contribution in [1.82, 2.24) is 5.32 Å². The summed E-state index contributed by atoms with van der Waals surface area (Å²) in [6.07, 6.45) is 2.50. The second kappa shape index (κ2) is 5.52. The van der Waals surface area contributed by atoms with Crippen LogP contribution in [0, 0.1) is 12.8 Å². The van der Waals surface area contributed by atoms with E-state index in [2.05, 4.69) is 44.6 Å². The maximum absolute atomic E-state index is 3.40. The third kappa shape index (κ3) is 3.10. The molecule has 1 aromatic rings. The van der Waals surface area contributed by atoms with Crippen molar-refractivity contribution in [1.29, 1.82) is 0 Å². The van der Waals surface area contributed by atoms with Gasteiger partial charge in [0.25, 0.3) is 0 Å². The Bertz CT molecular complexity index is 267. The Morgan fingerprint density at radius 1 is 1.50 bits per heavy atom. The molecule has 14 heavy (non-hydrogen) atoms. The number of aryl methyl sites for hydroxylation is 1. The molecule has 80 valence electrons. The lowest BCUT2D eigenvalue weighted by molar-refractivity contribution is 0.422. The summed E-state index contributed by atoms with van der Waals surface area (Å²) >= 11 is 1.84. The number of hydrogen-bond acceptors (Lipinski definition) is 2. The van der Waals surface area contributed by atoms with Gasteiger partial charge in [0.15, 0.2) is 0 Å². The van der Waals surface area contributed by atoms with Crippen molar-refractivity contribution < 1.29 is 0 Å². The number of nitrogens with one attached hydrogen (secondary N) is 1. The molecule has 0 saturated carbocycles. The molecule has 0 aliphatic heterocycles. The lowest BCUT2D eigenvalue weighted by Gasteiger charge is -2.18. The molecule has 2 unspecified atom stereocenters. The third-order valence-corrected chi connectivity index (χ3v) is 3.72. The molecule has 1 N–H and O–H groups in total. The Labute approximate surface area is 91.5 Å². The molecule has 0 aliphatic rings. The second-order valence-corrected chi connectivity index (χ2v) is 5.20. The molecular formula is C12H21NS. The van der Waals surface area contributed by atoms with Crippen molar-refractivity contribution in [3.05, 3.63) is 21.9 Å². The Balaban J connectivity index is 2.62. The maximum Gasteiger partial charge on any atom is 0.0328 e. The third-order valence-electron chi connectivity index (χ3n) is 2.84. The smallest absolute Gasteiger partial charge is 0.0328 e. The van der Waals surface area contributed by atoms with Crippen molar-refractivity contribution in [3.8, 4) is 0 Å². The summed E-state index contributed by atoms with van der Waals surface area (Å²) in [5.41, 5.74) is 1.45. The van der Waals surface area contributed by atoms with Crippen LogP contribution in [0.2, 0.25) is 0 Å². The first-order valence-electron chi connectivity index (χ1n) is 5.39. The van der Waals surface area contributed by atoms with Crippen LogP contribution in [0.5, 0.6) is 0 Å². The Hall–Kier alpha value is -0.340. The molecule has 2 heteroatoms. The molecule has 1 heterocycles. The molecule has 0 fully saturated rings. The highest BCUT2D eigenvalue weighted by Crippen LogP contribution is 2.26. The minimum Gasteiger partial charge on any atom is -0.313 e. The van der Waals surface area contributed by atoms with E-state index in [4.69, 9.17) is 0 Å². The first-order valence-corrected chi connectivity index (χ1v) is 6.27. The fourth-order valence-corrected chi connectivity index (χ4v) is 2.39. The molecule has 0 bridgehead atoms. The summed E-state index contributed by atoms with van der Waals surface area (Å²) in [7, 11) is 2.06. The Kier molecular flexibility index (Phi) is 4.63. The zero-order valence-corrected chi connectivity index (χ0v) is 10.4. The Morgan fingerprint density at radius 2 is 2.21 bits per heavy atom. The molecule has 0 aromatic carbocycles. The van der Waals surface area contributed by atoms with Crippen LogP contribution in [0.4, 0.5) is 0 Å². The van der Waals surface area contributed by atoms with Crippen LogP contribution >= 0.6 is 11.3 Å². The second-order valence-electron chi connectivity index (χ2n) is 4.08. The summed E-state index contributed by atoms with van der Waals surface area (Å²) in [6, 6.07) is 2.84. The molecule has 0 radical (unpaired) electrons. The van der Waals surface area contributed by atoms with E-state index in [-0.39, 0.29) is 0 Å². The van der Waals surface area contributed by atoms with Gasteiger partial charge in [0.2, 0.25) is 0 Å². The minimum atomic E-state index is 0.537. The van der Waals surface area contributed by atoms with Crippen LogP contribution in [0.1, 0.15) is 43.2 Å². The van der Waals surface area contributed by atoms with Gasteiger partial charge >= 0.3 is 0 Å². The molecule has 0 aliphatic carbocycles. The molecule has 1 rings (SSSR count). The minimum absolute atomic E-state index is 0.537. The number of hydrogen-bond donors (Lipinski definition) is 1. The fraction of sp³-hybridized carbons (Fsp3) is 0.667. The summed E-state index contributed by atoms with van der Waals surface area (Å²) < 4.78 is 0. The largest absolute Gasteiger partial charge is 0.313 e. The van der Waals surface area contributed by atoms with Gasteiger partial charge in [-0.15, -0.1) is 11.3 Å². The monoisotopic (exact) mass is 211 g/mol. The fourth-order valence-electron chi connectivity index (χ4n) is 1.64. The molecule has 1 nitrogen and oxygen atoms in total. The van der Waals surface area contributed by atoms with Crippen molar-refractivity contribution in [3.63, 3.8) is 0 Å². The topological polar surface area (TPSA) is 12.0 Å². The van der Waals surface area contributed by atoms with Gasteiger partial charge in [-0.25, -0.2) is 0 Å².